The van der Waals surface area contributed by atoms with Gasteiger partial charge < -0.3 is 0 Å². The van der Waals surface area contributed by atoms with Gasteiger partial charge in [-0.25, -0.2) is 0 Å². The van der Waals surface area contributed by atoms with Crippen molar-refractivity contribution in [2.24, 2.45) is 5.92 Å². The Morgan fingerprint density at radius 2 is 1.76 bits per heavy atom. The lowest BCUT2D eigenvalue weighted by molar-refractivity contribution is 0.477. The number of benzene rings is 1. The predicted octanol–water partition coefficient (Wildman–Crippen LogP) is 5.18. The number of alkyl halides is 1. The third-order valence-corrected chi connectivity index (χ3v) is 3.81. The maximum Gasteiger partial charge on any atom is 0.0310 e. The van der Waals surface area contributed by atoms with Crippen LogP contribution in [0.15, 0.2) is 12.1 Å². The van der Waals surface area contributed by atoms with Crippen LogP contribution >= 0.6 is 11.6 Å². The average Bonchev–Trinajstić information content (AvgIpc) is 2.21. The first kappa shape index (κ1) is 14.6. The fourth-order valence-corrected chi connectivity index (χ4v) is 2.72. The van der Waals surface area contributed by atoms with E-state index in [4.69, 9.17) is 11.6 Å². The van der Waals surface area contributed by atoms with Crippen LogP contribution in [0.4, 0.5) is 0 Å². The van der Waals surface area contributed by atoms with Crippen molar-refractivity contribution in [3.05, 3.63) is 41.3 Å². The molecule has 95 valence electrons. The van der Waals surface area contributed by atoms with E-state index in [0.717, 1.165) is 6.42 Å². The van der Waals surface area contributed by atoms with Crippen LogP contribution in [0.5, 0.6) is 0 Å². The molecule has 0 saturated carbocycles. The quantitative estimate of drug-likeness (QED) is 0.647. The highest BCUT2D eigenvalue weighted by atomic mass is 35.5. The Kier molecular flexibility index (Phi) is 5.06. The van der Waals surface area contributed by atoms with Gasteiger partial charge in [0.1, 0.15) is 0 Å². The Morgan fingerprint density at radius 1 is 1.18 bits per heavy atom. The maximum absolute atomic E-state index is 6.08. The van der Waals surface area contributed by atoms with Crippen molar-refractivity contribution in [3.63, 3.8) is 0 Å². The molecule has 0 amide bonds. The third-order valence-electron chi connectivity index (χ3n) is 3.63. The standard InChI is InChI=1S/C16H24Cl/c1-10-7-11(2)14(5)16(8-10)15(6)12(3)9-13(4)17/h7-8,12-13,15H,6,9H2,1-5H3. The SMILES string of the molecule is [CH2]C(c1cc(C)cc(C)c1C)C(C)CC(C)Cl. The lowest BCUT2D eigenvalue weighted by Crippen LogP contribution is -2.12. The second-order valence-electron chi connectivity index (χ2n) is 5.40. The molecule has 1 radical (unpaired) electrons. The molecule has 0 aliphatic rings. The fourth-order valence-electron chi connectivity index (χ4n) is 2.44. The summed E-state index contributed by atoms with van der Waals surface area (Å²) in [6.45, 7) is 15.2. The van der Waals surface area contributed by atoms with Crippen LogP contribution in [-0.4, -0.2) is 5.38 Å². The van der Waals surface area contributed by atoms with Crippen molar-refractivity contribution in [2.45, 2.75) is 52.3 Å². The normalized spacial score (nSPS) is 16.6. The summed E-state index contributed by atoms with van der Waals surface area (Å²) in [5.74, 6) is 0.845. The van der Waals surface area contributed by atoms with E-state index in [9.17, 15) is 0 Å². The number of hydrogen-bond acceptors (Lipinski definition) is 0. The molecule has 0 aliphatic carbocycles. The molecule has 3 unspecified atom stereocenters. The maximum atomic E-state index is 6.08. The Hall–Kier alpha value is -0.490. The minimum absolute atomic E-state index is 0.223. The predicted molar refractivity (Wildman–Crippen MR) is 77.8 cm³/mol. The summed E-state index contributed by atoms with van der Waals surface area (Å²) in [4.78, 5) is 0. The largest absolute Gasteiger partial charge is 0.123 e. The summed E-state index contributed by atoms with van der Waals surface area (Å²) < 4.78 is 0. The number of halogens is 1. The van der Waals surface area contributed by atoms with Crippen molar-refractivity contribution < 1.29 is 0 Å². The number of hydrogen-bond donors (Lipinski definition) is 0. The molecule has 0 aliphatic heterocycles. The van der Waals surface area contributed by atoms with Crippen LogP contribution in [-0.2, 0) is 0 Å². The first-order valence-corrected chi connectivity index (χ1v) is 6.81. The molecular formula is C16H24Cl. The monoisotopic (exact) mass is 251 g/mol. The molecule has 0 heterocycles. The van der Waals surface area contributed by atoms with Crippen LogP contribution in [0.2, 0.25) is 0 Å². The Bertz CT molecular complexity index is 379. The van der Waals surface area contributed by atoms with E-state index in [2.05, 4.69) is 53.7 Å². The molecular weight excluding hydrogens is 228 g/mol. The van der Waals surface area contributed by atoms with Gasteiger partial charge in [0.2, 0.25) is 0 Å². The highest BCUT2D eigenvalue weighted by Crippen LogP contribution is 2.32. The van der Waals surface area contributed by atoms with Crippen LogP contribution in [0.3, 0.4) is 0 Å². The third kappa shape index (κ3) is 3.74. The van der Waals surface area contributed by atoms with Crippen LogP contribution in [0.1, 0.15) is 48.4 Å². The molecule has 0 spiro atoms. The van der Waals surface area contributed by atoms with Crippen molar-refractivity contribution in [1.29, 1.82) is 0 Å². The fraction of sp³-hybridized carbons (Fsp3) is 0.562. The minimum atomic E-state index is 0.223. The lowest BCUT2D eigenvalue weighted by atomic mass is 9.82. The van der Waals surface area contributed by atoms with E-state index >= 15 is 0 Å². The second-order valence-corrected chi connectivity index (χ2v) is 6.14. The van der Waals surface area contributed by atoms with Gasteiger partial charge in [0.15, 0.2) is 0 Å². The summed E-state index contributed by atoms with van der Waals surface area (Å²) in [5, 5.41) is 0.223. The van der Waals surface area contributed by atoms with E-state index < -0.39 is 0 Å². The topological polar surface area (TPSA) is 0 Å². The van der Waals surface area contributed by atoms with Gasteiger partial charge in [0.05, 0.1) is 0 Å². The molecule has 1 heteroatoms. The van der Waals surface area contributed by atoms with Gasteiger partial charge >= 0.3 is 0 Å². The van der Waals surface area contributed by atoms with Crippen LogP contribution in [0.25, 0.3) is 0 Å². The highest BCUT2D eigenvalue weighted by molar-refractivity contribution is 6.20. The molecule has 1 aromatic carbocycles. The van der Waals surface area contributed by atoms with Gasteiger partial charge in [0, 0.05) is 5.38 Å². The molecule has 0 fully saturated rings. The zero-order chi connectivity index (χ0) is 13.2. The first-order valence-electron chi connectivity index (χ1n) is 6.37. The zero-order valence-corrected chi connectivity index (χ0v) is 12.4. The highest BCUT2D eigenvalue weighted by Gasteiger charge is 2.18. The van der Waals surface area contributed by atoms with Crippen LogP contribution < -0.4 is 0 Å². The molecule has 0 bridgehead atoms. The Morgan fingerprint density at radius 3 is 2.29 bits per heavy atom. The van der Waals surface area contributed by atoms with Gasteiger partial charge in [-0.3, -0.25) is 0 Å². The van der Waals surface area contributed by atoms with Crippen molar-refractivity contribution in [2.75, 3.05) is 0 Å². The van der Waals surface area contributed by atoms with E-state index in [1.165, 1.54) is 22.3 Å². The van der Waals surface area contributed by atoms with Gasteiger partial charge in [-0.15, -0.1) is 11.6 Å². The molecule has 0 aromatic heterocycles. The number of aryl methyl sites for hydroxylation is 2. The molecule has 0 nitrogen and oxygen atoms in total. The molecule has 1 rings (SSSR count). The first-order chi connectivity index (χ1) is 7.82. The van der Waals surface area contributed by atoms with Gasteiger partial charge in [-0.2, -0.15) is 0 Å². The smallest absolute Gasteiger partial charge is 0.0310 e. The average molecular weight is 252 g/mol. The van der Waals surface area contributed by atoms with Gasteiger partial charge in [0.25, 0.3) is 0 Å². The van der Waals surface area contributed by atoms with Crippen molar-refractivity contribution >= 4 is 11.6 Å². The summed E-state index contributed by atoms with van der Waals surface area (Å²) in [5.41, 5.74) is 5.44. The lowest BCUT2D eigenvalue weighted by Gasteiger charge is -2.24. The summed E-state index contributed by atoms with van der Waals surface area (Å²) in [6.07, 6.45) is 1.02. The Labute approximate surface area is 111 Å². The molecule has 0 N–H and O–H groups in total. The summed E-state index contributed by atoms with van der Waals surface area (Å²) in [6, 6.07) is 4.51. The van der Waals surface area contributed by atoms with Gasteiger partial charge in [-0.1, -0.05) is 24.6 Å². The Balaban J connectivity index is 2.99. The minimum Gasteiger partial charge on any atom is -0.123 e. The van der Waals surface area contributed by atoms with Crippen molar-refractivity contribution in [3.8, 4) is 0 Å². The summed E-state index contributed by atoms with van der Waals surface area (Å²) >= 11 is 6.08. The van der Waals surface area contributed by atoms with E-state index in [1.54, 1.807) is 0 Å². The van der Waals surface area contributed by atoms with E-state index in [1.807, 2.05) is 0 Å². The zero-order valence-electron chi connectivity index (χ0n) is 11.7. The molecule has 17 heavy (non-hydrogen) atoms. The number of rotatable bonds is 4. The van der Waals surface area contributed by atoms with Crippen molar-refractivity contribution in [1.82, 2.24) is 0 Å². The molecule has 0 saturated heterocycles. The molecule has 3 atom stereocenters. The van der Waals surface area contributed by atoms with Crippen LogP contribution in [0, 0.1) is 33.6 Å². The molecule has 1 aromatic rings. The van der Waals surface area contributed by atoms with E-state index in [0.29, 0.717) is 11.8 Å². The summed E-state index contributed by atoms with van der Waals surface area (Å²) in [7, 11) is 0. The van der Waals surface area contributed by atoms with E-state index in [-0.39, 0.29) is 5.38 Å². The second kappa shape index (κ2) is 5.91. The van der Waals surface area contributed by atoms with Gasteiger partial charge in [-0.05, 0) is 69.6 Å².